The van der Waals surface area contributed by atoms with Crippen LogP contribution in [0.3, 0.4) is 0 Å². The number of hydrogen-bond donors (Lipinski definition) is 11. The Balaban J connectivity index is 0.000000176. The number of aryl methyl sites for hydroxylation is 3. The number of nitrogens with zero attached hydrogens (tertiary/aromatic N) is 8. The normalized spacial score (nSPS) is 10.9. The van der Waals surface area contributed by atoms with Gasteiger partial charge in [0.2, 0.25) is 39.7 Å². The molecule has 0 radical (unpaired) electrons. The highest BCUT2D eigenvalue weighted by Crippen LogP contribution is 2.34. The van der Waals surface area contributed by atoms with Gasteiger partial charge in [-0.1, -0.05) is 24.3 Å². The van der Waals surface area contributed by atoms with Crippen LogP contribution in [0.1, 0.15) is 124 Å². The second kappa shape index (κ2) is 38.5. The van der Waals surface area contributed by atoms with Gasteiger partial charge in [-0.15, -0.1) is 0 Å². The van der Waals surface area contributed by atoms with Gasteiger partial charge in [-0.05, 0) is 245 Å². The van der Waals surface area contributed by atoms with Gasteiger partial charge in [0.1, 0.15) is 28.7 Å². The summed E-state index contributed by atoms with van der Waals surface area (Å²) < 4.78 is 45.7. The first-order chi connectivity index (χ1) is 54.6. The van der Waals surface area contributed by atoms with Gasteiger partial charge in [-0.25, -0.2) is 53.4 Å². The standard InChI is InChI=1S/C23H26N4O2.C21H21N5O3.C20H21N5O4S.C20H20N4O3/c1-13(2)29-20-7-6-17(11-19(20)22(24)28)21-16(5)12-25-23(27-21)26-18-9-14(3)8-15(4)10-18;1-12(2)29-18-7-6-13(11-16(18)20(23)28)17-8-9-24-21(26-17)25-15-5-3-4-14(10-15)19(22)27;1-12(2)29-18-7-6-13(10-16(18)19(21)26)17-8-9-23-20(25-17)24-14-4-3-5-15(11-14)30(22,27)28;1-12(2)27-18-7-6-13(10-16(18)19(21)26)17-8-9-22-20(24-17)23-14-4-3-5-15(25)11-14/h6-13H,1-5H3,(H2,24,28)(H,25,26,27);3-12H,1-2H3,(H2,22,27)(H2,23,28)(H,24,25,26);3-12H,1-2H3,(H2,21,26)(H2,22,27,28)(H,23,24,25);3-12,25H,1-2H3,(H2,21,26)(H,22,23,24). The van der Waals surface area contributed by atoms with Gasteiger partial charge in [0.15, 0.2) is 0 Å². The Kier molecular flexibility index (Phi) is 28.3. The Labute approximate surface area is 664 Å². The van der Waals surface area contributed by atoms with Crippen LogP contribution >= 0.6 is 0 Å². The zero-order chi connectivity index (χ0) is 83.4. The molecule has 0 aliphatic rings. The van der Waals surface area contributed by atoms with Crippen molar-refractivity contribution < 1.29 is 56.4 Å². The number of nitrogens with two attached hydrogens (primary N) is 6. The maximum atomic E-state index is 11.9. The molecule has 0 aliphatic carbocycles. The van der Waals surface area contributed by atoms with Gasteiger partial charge in [-0.2, -0.15) is 0 Å². The molecule has 0 unspecified atom stereocenters. The minimum atomic E-state index is -3.83. The average molecular weight is 1570 g/mol. The minimum Gasteiger partial charge on any atom is -0.508 e. The number of benzene rings is 8. The molecule has 8 aromatic carbocycles. The molecule has 0 saturated heterocycles. The quantitative estimate of drug-likeness (QED) is 0.0240. The third-order valence-corrected chi connectivity index (χ3v) is 16.8. The lowest BCUT2D eigenvalue weighted by Gasteiger charge is -2.15. The topological polar surface area (TPSA) is 484 Å². The van der Waals surface area contributed by atoms with E-state index in [1.807, 2.05) is 100 Å². The Morgan fingerprint density at radius 2 is 0.722 bits per heavy atom. The number of primary amides is 5. The molecule has 17 N–H and O–H groups in total. The lowest BCUT2D eigenvalue weighted by atomic mass is 10.0. The van der Waals surface area contributed by atoms with E-state index in [0.717, 1.165) is 33.6 Å². The lowest BCUT2D eigenvalue weighted by molar-refractivity contribution is 0.0985. The van der Waals surface area contributed by atoms with Crippen LogP contribution in [0.4, 0.5) is 46.5 Å². The number of aromatic nitrogens is 8. The number of hydrogen-bond acceptors (Lipinski definition) is 24. The maximum absolute atomic E-state index is 11.9. The summed E-state index contributed by atoms with van der Waals surface area (Å²) in [5, 5.41) is 27.0. The van der Waals surface area contributed by atoms with E-state index in [0.29, 0.717) is 108 Å². The van der Waals surface area contributed by atoms with Crippen LogP contribution in [0.25, 0.3) is 45.0 Å². The van der Waals surface area contributed by atoms with Crippen molar-refractivity contribution >= 4 is 86.1 Å². The van der Waals surface area contributed by atoms with Crippen molar-refractivity contribution in [1.82, 2.24) is 39.9 Å². The molecule has 12 rings (SSSR count). The summed E-state index contributed by atoms with van der Waals surface area (Å²) in [5.74, 6) is 0.453. The van der Waals surface area contributed by atoms with Crippen LogP contribution in [0, 0.1) is 20.8 Å². The fraction of sp³-hybridized carbons (Fsp3) is 0.179. The van der Waals surface area contributed by atoms with E-state index in [4.69, 9.17) is 52.8 Å². The fourth-order valence-corrected chi connectivity index (χ4v) is 11.7. The summed E-state index contributed by atoms with van der Waals surface area (Å²) in [4.78, 5) is 93.7. The minimum absolute atomic E-state index is 0.0319. The predicted molar refractivity (Wildman–Crippen MR) is 442 cm³/mol. The largest absolute Gasteiger partial charge is 0.508 e. The molecule has 592 valence electrons. The van der Waals surface area contributed by atoms with Crippen LogP contribution in [0.5, 0.6) is 28.7 Å². The molecular formula is C84H88N18O12S. The zero-order valence-electron chi connectivity index (χ0n) is 64.8. The molecular weight excluding hydrogens is 1490 g/mol. The summed E-state index contributed by atoms with van der Waals surface area (Å²) in [6.07, 6.45) is 6.15. The number of ether oxygens (including phenoxy) is 4. The Hall–Kier alpha value is -14.5. The lowest BCUT2D eigenvalue weighted by Crippen LogP contribution is -2.15. The van der Waals surface area contributed by atoms with Crippen molar-refractivity contribution in [2.45, 2.75) is 105 Å². The van der Waals surface area contributed by atoms with Gasteiger partial charge in [0.05, 0.1) is 74.3 Å². The number of carbonyl (C=O) groups is 5. The van der Waals surface area contributed by atoms with Crippen molar-refractivity contribution in [1.29, 1.82) is 0 Å². The number of aromatic hydroxyl groups is 1. The average Bonchev–Trinajstić information content (AvgIpc) is 0.907. The van der Waals surface area contributed by atoms with E-state index in [9.17, 15) is 37.5 Å². The number of sulfonamides is 1. The third kappa shape index (κ3) is 24.5. The molecule has 0 fully saturated rings. The molecule has 0 bridgehead atoms. The van der Waals surface area contributed by atoms with E-state index in [2.05, 4.69) is 67.2 Å². The molecule has 31 heteroatoms. The number of nitrogens with one attached hydrogen (secondary N) is 4. The summed E-state index contributed by atoms with van der Waals surface area (Å²) in [6.45, 7) is 21.0. The molecule has 4 heterocycles. The zero-order valence-corrected chi connectivity index (χ0v) is 65.6. The number of amides is 5. The number of phenols is 1. The first-order valence-electron chi connectivity index (χ1n) is 35.9. The van der Waals surface area contributed by atoms with Crippen molar-refractivity contribution in [2.75, 3.05) is 21.3 Å². The van der Waals surface area contributed by atoms with Gasteiger partial charge < -0.3 is 74.0 Å². The summed E-state index contributed by atoms with van der Waals surface area (Å²) in [7, 11) is -3.83. The molecule has 4 aromatic heterocycles. The Morgan fingerprint density at radius 1 is 0.374 bits per heavy atom. The van der Waals surface area contributed by atoms with Gasteiger partial charge in [-0.3, -0.25) is 24.0 Å². The SMILES string of the molecule is CC(C)Oc1ccc(-c2ccnc(Nc3cccc(C(N)=O)c3)n2)cc1C(N)=O.CC(C)Oc1ccc(-c2ccnc(Nc3cccc(O)c3)n2)cc1C(N)=O.CC(C)Oc1ccc(-c2ccnc(Nc3cccc(S(N)(=O)=O)c3)n2)cc1C(N)=O.Cc1cc(C)cc(Nc2ncc(C)c(-c3ccc(OC(C)C)c(C(N)=O)c3)n2)c1. The molecule has 115 heavy (non-hydrogen) atoms. The second-order valence-electron chi connectivity index (χ2n) is 26.9. The number of anilines is 8. The highest BCUT2D eigenvalue weighted by Gasteiger charge is 2.21. The monoisotopic (exact) mass is 1570 g/mol. The fourth-order valence-electron chi connectivity index (χ4n) is 11.1. The summed E-state index contributed by atoms with van der Waals surface area (Å²) in [5.41, 5.74) is 40.1. The van der Waals surface area contributed by atoms with Crippen LogP contribution in [0.2, 0.25) is 0 Å². The molecule has 0 aliphatic heterocycles. The van der Waals surface area contributed by atoms with E-state index >= 15 is 0 Å². The third-order valence-electron chi connectivity index (χ3n) is 15.9. The van der Waals surface area contributed by atoms with E-state index < -0.39 is 39.6 Å². The molecule has 12 aromatic rings. The second-order valence-corrected chi connectivity index (χ2v) is 28.5. The Morgan fingerprint density at radius 3 is 1.10 bits per heavy atom. The molecule has 0 spiro atoms. The van der Waals surface area contributed by atoms with Crippen molar-refractivity contribution in [2.24, 2.45) is 33.8 Å². The number of phenolic OH excluding ortho intramolecular Hbond substituents is 1. The van der Waals surface area contributed by atoms with Crippen LogP contribution in [-0.2, 0) is 10.0 Å². The molecule has 30 nitrogen and oxygen atoms in total. The van der Waals surface area contributed by atoms with Crippen LogP contribution < -0.4 is 74.0 Å². The predicted octanol–water partition coefficient (Wildman–Crippen LogP) is 13.5. The number of primary sulfonamides is 1. The maximum Gasteiger partial charge on any atom is 0.252 e. The highest BCUT2D eigenvalue weighted by atomic mass is 32.2. The van der Waals surface area contributed by atoms with Gasteiger partial charge >= 0.3 is 0 Å². The van der Waals surface area contributed by atoms with Crippen molar-refractivity contribution in [3.05, 3.63) is 251 Å². The van der Waals surface area contributed by atoms with E-state index in [1.165, 1.54) is 18.3 Å². The van der Waals surface area contributed by atoms with Gasteiger partial charge in [0, 0.05) is 81.4 Å². The molecule has 0 atom stereocenters. The van der Waals surface area contributed by atoms with Crippen LogP contribution in [-0.4, -0.2) is 107 Å². The van der Waals surface area contributed by atoms with Crippen molar-refractivity contribution in [3.8, 4) is 73.8 Å². The first kappa shape index (κ1) is 84.6. The molecule has 0 saturated carbocycles. The first-order valence-corrected chi connectivity index (χ1v) is 37.4. The van der Waals surface area contributed by atoms with Gasteiger partial charge in [0.25, 0.3) is 23.6 Å². The summed E-state index contributed by atoms with van der Waals surface area (Å²) >= 11 is 0. The van der Waals surface area contributed by atoms with Crippen LogP contribution in [0.15, 0.2) is 212 Å². The number of carbonyl (C=O) groups excluding carboxylic acids is 5. The van der Waals surface area contributed by atoms with Crippen molar-refractivity contribution in [3.63, 3.8) is 0 Å². The van der Waals surface area contributed by atoms with E-state index in [-0.39, 0.29) is 52.1 Å². The molecule has 5 amide bonds. The highest BCUT2D eigenvalue weighted by molar-refractivity contribution is 7.89. The smallest absolute Gasteiger partial charge is 0.252 e. The Bertz CT molecular complexity index is 5650. The summed E-state index contributed by atoms with van der Waals surface area (Å²) in [6, 6.07) is 51.4. The number of rotatable bonds is 26. The van der Waals surface area contributed by atoms with E-state index in [1.54, 1.807) is 158 Å².